The van der Waals surface area contributed by atoms with Crippen LogP contribution in [0.4, 0.5) is 0 Å². The van der Waals surface area contributed by atoms with Crippen LogP contribution in [0.3, 0.4) is 0 Å². The van der Waals surface area contributed by atoms with E-state index in [4.69, 9.17) is 4.74 Å². The predicted molar refractivity (Wildman–Crippen MR) is 97.2 cm³/mol. The highest BCUT2D eigenvalue weighted by Gasteiger charge is 2.35. The number of carbonyl (C=O) groups is 3. The van der Waals surface area contributed by atoms with E-state index in [1.165, 1.54) is 7.11 Å². The Labute approximate surface area is 154 Å². The number of rotatable bonds is 6. The molecule has 0 spiro atoms. The normalized spacial score (nSPS) is 18.2. The number of aryl methyl sites for hydroxylation is 1. The summed E-state index contributed by atoms with van der Waals surface area (Å²) in [7, 11) is 1.27. The average molecular weight is 361 g/mol. The second-order valence-electron chi connectivity index (χ2n) is 7.07. The van der Waals surface area contributed by atoms with Gasteiger partial charge in [0.05, 0.1) is 19.6 Å². The lowest BCUT2D eigenvalue weighted by Crippen LogP contribution is -2.58. The van der Waals surface area contributed by atoms with Crippen molar-refractivity contribution in [1.29, 1.82) is 0 Å². The number of ether oxygens (including phenoxy) is 1. The first kappa shape index (κ1) is 19.9. The lowest BCUT2D eigenvalue weighted by molar-refractivity contribution is -0.149. The highest BCUT2D eigenvalue weighted by atomic mass is 16.5. The molecule has 0 radical (unpaired) electrons. The van der Waals surface area contributed by atoms with Gasteiger partial charge in [-0.05, 0) is 31.9 Å². The van der Waals surface area contributed by atoms with E-state index in [0.717, 1.165) is 11.1 Å². The molecule has 1 aromatic carbocycles. The van der Waals surface area contributed by atoms with E-state index in [0.29, 0.717) is 19.6 Å². The number of nitrogens with one attached hydrogen (secondary N) is 2. The van der Waals surface area contributed by atoms with E-state index in [2.05, 4.69) is 10.6 Å². The van der Waals surface area contributed by atoms with Crippen LogP contribution in [0.2, 0.25) is 0 Å². The van der Waals surface area contributed by atoms with Crippen LogP contribution in [-0.2, 0) is 25.7 Å². The number of carbonyl (C=O) groups excluding carboxylic acids is 3. The maximum atomic E-state index is 12.4. The van der Waals surface area contributed by atoms with Crippen molar-refractivity contribution in [3.63, 3.8) is 0 Å². The van der Waals surface area contributed by atoms with Gasteiger partial charge in [0.2, 0.25) is 11.8 Å². The third-order valence-corrected chi connectivity index (χ3v) is 4.60. The molecule has 7 heteroatoms. The third-order valence-electron chi connectivity index (χ3n) is 4.60. The van der Waals surface area contributed by atoms with Crippen molar-refractivity contribution in [2.24, 2.45) is 0 Å². The van der Waals surface area contributed by atoms with E-state index < -0.39 is 17.6 Å². The number of hydrogen-bond acceptors (Lipinski definition) is 5. The molecule has 1 aliphatic rings. The molecule has 1 aromatic rings. The zero-order chi connectivity index (χ0) is 19.3. The van der Waals surface area contributed by atoms with Crippen LogP contribution in [0.15, 0.2) is 24.3 Å². The molecule has 7 nitrogen and oxygen atoms in total. The number of esters is 1. The van der Waals surface area contributed by atoms with Crippen molar-refractivity contribution in [3.8, 4) is 0 Å². The Bertz CT molecular complexity index is 687. The van der Waals surface area contributed by atoms with E-state index in [9.17, 15) is 14.4 Å². The first-order valence-electron chi connectivity index (χ1n) is 8.70. The van der Waals surface area contributed by atoms with Gasteiger partial charge in [0, 0.05) is 19.6 Å². The maximum absolute atomic E-state index is 12.4. The van der Waals surface area contributed by atoms with E-state index in [1.54, 1.807) is 13.8 Å². The van der Waals surface area contributed by atoms with E-state index >= 15 is 0 Å². The number of piperazine rings is 1. The first-order valence-corrected chi connectivity index (χ1v) is 8.70. The van der Waals surface area contributed by atoms with E-state index in [1.807, 2.05) is 36.1 Å². The smallest absolute Gasteiger partial charge is 0.330 e. The molecule has 0 saturated carbocycles. The van der Waals surface area contributed by atoms with Crippen LogP contribution in [0.1, 0.15) is 31.4 Å². The van der Waals surface area contributed by atoms with Gasteiger partial charge in [0.15, 0.2) is 0 Å². The molecular weight excluding hydrogens is 334 g/mol. The fourth-order valence-corrected chi connectivity index (χ4v) is 3.06. The molecule has 1 aliphatic heterocycles. The minimum absolute atomic E-state index is 0.0157. The second-order valence-corrected chi connectivity index (χ2v) is 7.07. The molecule has 1 saturated heterocycles. The van der Waals surface area contributed by atoms with Crippen LogP contribution >= 0.6 is 0 Å². The standard InChI is InChI=1S/C19H27N3O4/c1-13-7-5-6-8-14(13)12-22-10-9-20-17(24)15(22)11-16(23)21-19(2,3)18(25)26-4/h5-8,15H,9-12H2,1-4H3,(H,20,24)(H,21,23). The molecule has 2 rings (SSSR count). The van der Waals surface area contributed by atoms with Gasteiger partial charge in [0.25, 0.3) is 0 Å². The maximum Gasteiger partial charge on any atom is 0.330 e. The number of hydrogen-bond donors (Lipinski definition) is 2. The summed E-state index contributed by atoms with van der Waals surface area (Å²) in [4.78, 5) is 38.5. The lowest BCUT2D eigenvalue weighted by Gasteiger charge is -2.35. The molecule has 0 aliphatic carbocycles. The van der Waals surface area contributed by atoms with Gasteiger partial charge >= 0.3 is 5.97 Å². The van der Waals surface area contributed by atoms with Crippen molar-refractivity contribution < 1.29 is 19.1 Å². The molecular formula is C19H27N3O4. The highest BCUT2D eigenvalue weighted by molar-refractivity contribution is 5.91. The van der Waals surface area contributed by atoms with Crippen molar-refractivity contribution in [3.05, 3.63) is 35.4 Å². The summed E-state index contributed by atoms with van der Waals surface area (Å²) in [5.74, 6) is -1.07. The predicted octanol–water partition coefficient (Wildman–Crippen LogP) is 0.753. The quantitative estimate of drug-likeness (QED) is 0.730. The Morgan fingerprint density at radius 2 is 2.04 bits per heavy atom. The summed E-state index contributed by atoms with van der Waals surface area (Å²) in [5, 5.41) is 5.46. The molecule has 26 heavy (non-hydrogen) atoms. The monoisotopic (exact) mass is 361 g/mol. The van der Waals surface area contributed by atoms with Crippen molar-refractivity contribution >= 4 is 17.8 Å². The van der Waals surface area contributed by atoms with Gasteiger partial charge in [0.1, 0.15) is 5.54 Å². The van der Waals surface area contributed by atoms with Crippen LogP contribution in [0.25, 0.3) is 0 Å². The molecule has 2 amide bonds. The minimum atomic E-state index is -1.14. The molecule has 1 atom stereocenters. The summed E-state index contributed by atoms with van der Waals surface area (Å²) >= 11 is 0. The molecule has 1 fully saturated rings. The van der Waals surface area contributed by atoms with Crippen LogP contribution in [-0.4, -0.2) is 54.5 Å². The van der Waals surface area contributed by atoms with Gasteiger partial charge in [-0.15, -0.1) is 0 Å². The Morgan fingerprint density at radius 3 is 2.69 bits per heavy atom. The summed E-state index contributed by atoms with van der Waals surface area (Å²) in [6, 6.07) is 7.42. The van der Waals surface area contributed by atoms with Crippen LogP contribution in [0, 0.1) is 6.92 Å². The molecule has 0 aromatic heterocycles. The van der Waals surface area contributed by atoms with Gasteiger partial charge in [-0.2, -0.15) is 0 Å². The van der Waals surface area contributed by atoms with Gasteiger partial charge in [-0.25, -0.2) is 4.79 Å². The molecule has 1 heterocycles. The van der Waals surface area contributed by atoms with Gasteiger partial charge in [-0.1, -0.05) is 24.3 Å². The molecule has 2 N–H and O–H groups in total. The number of amides is 2. The fourth-order valence-electron chi connectivity index (χ4n) is 3.06. The molecule has 1 unspecified atom stereocenters. The Hall–Kier alpha value is -2.41. The lowest BCUT2D eigenvalue weighted by atomic mass is 10.0. The Morgan fingerprint density at radius 1 is 1.35 bits per heavy atom. The Kier molecular flexibility index (Phi) is 6.37. The topological polar surface area (TPSA) is 87.7 Å². The first-order chi connectivity index (χ1) is 12.2. The summed E-state index contributed by atoms with van der Waals surface area (Å²) in [5.41, 5.74) is 1.13. The number of nitrogens with zero attached hydrogens (tertiary/aromatic N) is 1. The van der Waals surface area contributed by atoms with Crippen LogP contribution < -0.4 is 10.6 Å². The zero-order valence-corrected chi connectivity index (χ0v) is 15.8. The van der Waals surface area contributed by atoms with Crippen molar-refractivity contribution in [2.75, 3.05) is 20.2 Å². The summed E-state index contributed by atoms with van der Waals surface area (Å²) in [6.07, 6.45) is -0.0157. The van der Waals surface area contributed by atoms with Crippen molar-refractivity contribution in [1.82, 2.24) is 15.5 Å². The van der Waals surface area contributed by atoms with Gasteiger partial charge < -0.3 is 15.4 Å². The SMILES string of the molecule is COC(=O)C(C)(C)NC(=O)CC1C(=O)NCCN1Cc1ccccc1C. The summed E-state index contributed by atoms with van der Waals surface area (Å²) in [6.45, 7) is 6.98. The minimum Gasteiger partial charge on any atom is -0.467 e. The molecule has 142 valence electrons. The number of benzene rings is 1. The summed E-state index contributed by atoms with van der Waals surface area (Å²) < 4.78 is 4.70. The molecule has 0 bridgehead atoms. The van der Waals surface area contributed by atoms with E-state index in [-0.39, 0.29) is 18.2 Å². The fraction of sp³-hybridized carbons (Fsp3) is 0.526. The largest absolute Gasteiger partial charge is 0.467 e. The van der Waals surface area contributed by atoms with Crippen LogP contribution in [0.5, 0.6) is 0 Å². The van der Waals surface area contributed by atoms with Gasteiger partial charge in [-0.3, -0.25) is 14.5 Å². The third kappa shape index (κ3) is 4.82. The second kappa shape index (κ2) is 8.31. The Balaban J connectivity index is 2.08. The zero-order valence-electron chi connectivity index (χ0n) is 15.8. The average Bonchev–Trinajstić information content (AvgIpc) is 2.58. The number of methoxy groups -OCH3 is 1. The van der Waals surface area contributed by atoms with Crippen molar-refractivity contribution in [2.45, 2.75) is 45.3 Å². The highest BCUT2D eigenvalue weighted by Crippen LogP contribution is 2.17.